The van der Waals surface area contributed by atoms with E-state index < -0.39 is 5.97 Å². The van der Waals surface area contributed by atoms with Gasteiger partial charge in [0.25, 0.3) is 5.56 Å². The van der Waals surface area contributed by atoms with E-state index in [1.807, 2.05) is 24.3 Å². The highest BCUT2D eigenvalue weighted by Crippen LogP contribution is 2.35. The third-order valence-electron chi connectivity index (χ3n) is 4.68. The summed E-state index contributed by atoms with van der Waals surface area (Å²) in [4.78, 5) is 28.1. The normalized spacial score (nSPS) is 12.3. The number of allylic oxidation sites excluding steroid dienone is 1. The van der Waals surface area contributed by atoms with Gasteiger partial charge in [-0.1, -0.05) is 12.1 Å². The molecule has 0 atom stereocenters. The molecule has 8 heteroatoms. The summed E-state index contributed by atoms with van der Waals surface area (Å²) < 4.78 is 11.8. The average molecular weight is 404 g/mol. The Bertz CT molecular complexity index is 1400. The van der Waals surface area contributed by atoms with Crippen LogP contribution >= 0.6 is 0 Å². The van der Waals surface area contributed by atoms with Gasteiger partial charge in [-0.3, -0.25) is 9.20 Å². The number of esters is 1. The molecule has 8 nitrogen and oxygen atoms in total. The number of H-pyrrole nitrogens is 1. The minimum absolute atomic E-state index is 0.158. The third-order valence-corrected chi connectivity index (χ3v) is 4.68. The fraction of sp³-hybridized carbons (Fsp3) is 0.182. The van der Waals surface area contributed by atoms with Crippen LogP contribution in [0.25, 0.3) is 27.5 Å². The Balaban J connectivity index is 1.99. The van der Waals surface area contributed by atoms with Crippen molar-refractivity contribution in [2.24, 2.45) is 10.2 Å². The van der Waals surface area contributed by atoms with Crippen LogP contribution in [0.2, 0.25) is 0 Å². The highest BCUT2D eigenvalue weighted by atomic mass is 16.5. The predicted molar refractivity (Wildman–Crippen MR) is 114 cm³/mol. The van der Waals surface area contributed by atoms with Crippen LogP contribution in [0, 0.1) is 0 Å². The lowest BCUT2D eigenvalue weighted by Crippen LogP contribution is -2.13. The van der Waals surface area contributed by atoms with E-state index in [2.05, 4.69) is 15.2 Å². The maximum Gasteiger partial charge on any atom is 0.332 e. The summed E-state index contributed by atoms with van der Waals surface area (Å²) in [5, 5.41) is 9.79. The van der Waals surface area contributed by atoms with Crippen LogP contribution in [0.5, 0.6) is 5.75 Å². The number of hydrogen-bond acceptors (Lipinski definition) is 6. The molecule has 152 valence electrons. The molecule has 2 aromatic heterocycles. The number of rotatable bonds is 5. The van der Waals surface area contributed by atoms with E-state index in [9.17, 15) is 9.59 Å². The number of ether oxygens (including phenoxy) is 2. The SMILES string of the molecule is CCOC(=O)/C=C(/C)N=Nc1c2cc(OC)ccc2n2c(=O)c3ccccc3[nH]c12. The van der Waals surface area contributed by atoms with Gasteiger partial charge in [0, 0.05) is 11.5 Å². The summed E-state index contributed by atoms with van der Waals surface area (Å²) in [6.07, 6.45) is 1.27. The average Bonchev–Trinajstić information content (AvgIpc) is 3.05. The largest absolute Gasteiger partial charge is 0.497 e. The zero-order valence-corrected chi connectivity index (χ0v) is 16.8. The minimum atomic E-state index is -0.485. The number of methoxy groups -OCH3 is 1. The van der Waals surface area contributed by atoms with Crippen molar-refractivity contribution in [2.45, 2.75) is 13.8 Å². The number of hydrogen-bond donors (Lipinski definition) is 1. The highest BCUT2D eigenvalue weighted by molar-refractivity contribution is 6.02. The molecule has 0 aliphatic carbocycles. The van der Waals surface area contributed by atoms with Crippen molar-refractivity contribution < 1.29 is 14.3 Å². The van der Waals surface area contributed by atoms with Crippen molar-refractivity contribution in [3.05, 3.63) is 64.6 Å². The van der Waals surface area contributed by atoms with Crippen molar-refractivity contribution >= 4 is 39.1 Å². The first kappa shape index (κ1) is 19.4. The van der Waals surface area contributed by atoms with Crippen LogP contribution in [0.15, 0.2) is 69.3 Å². The first-order chi connectivity index (χ1) is 14.5. The smallest absolute Gasteiger partial charge is 0.332 e. The van der Waals surface area contributed by atoms with E-state index in [0.717, 1.165) is 0 Å². The van der Waals surface area contributed by atoms with E-state index in [-0.39, 0.29) is 12.2 Å². The first-order valence-electron chi connectivity index (χ1n) is 9.43. The fourth-order valence-corrected chi connectivity index (χ4v) is 3.35. The summed E-state index contributed by atoms with van der Waals surface area (Å²) in [6.45, 7) is 3.67. The Morgan fingerprint density at radius 3 is 2.77 bits per heavy atom. The van der Waals surface area contributed by atoms with Gasteiger partial charge in [0.05, 0.1) is 35.8 Å². The number of nitrogens with one attached hydrogen (secondary N) is 1. The molecular formula is C22H20N4O4. The molecule has 30 heavy (non-hydrogen) atoms. The molecule has 4 aromatic rings. The Morgan fingerprint density at radius 2 is 2.00 bits per heavy atom. The summed E-state index contributed by atoms with van der Waals surface area (Å²) in [6, 6.07) is 12.7. The standard InChI is InChI=1S/C22H20N4O4/c1-4-30-19(27)11-13(2)24-25-20-16-12-14(29-3)9-10-18(16)26-21(20)23-17-8-6-5-7-15(17)22(26)28/h5-12,23H,4H2,1-3H3/b13-11-,25-24?. The Hall–Kier alpha value is -3.94. The van der Waals surface area contributed by atoms with Gasteiger partial charge in [0.15, 0.2) is 0 Å². The fourth-order valence-electron chi connectivity index (χ4n) is 3.35. The summed E-state index contributed by atoms with van der Waals surface area (Å²) in [7, 11) is 1.57. The topological polar surface area (TPSA) is 97.5 Å². The molecule has 2 heterocycles. The van der Waals surface area contributed by atoms with Crippen LogP contribution in [-0.2, 0) is 9.53 Å². The maximum absolute atomic E-state index is 13.2. The molecule has 0 aliphatic rings. The molecule has 0 bridgehead atoms. The van der Waals surface area contributed by atoms with Crippen LogP contribution in [0.4, 0.5) is 5.69 Å². The monoisotopic (exact) mass is 404 g/mol. The van der Waals surface area contributed by atoms with Crippen molar-refractivity contribution in [3.63, 3.8) is 0 Å². The second-order valence-electron chi connectivity index (χ2n) is 6.63. The Labute approximate surface area is 171 Å². The Kier molecular flexibility index (Phi) is 5.05. The molecule has 0 amide bonds. The van der Waals surface area contributed by atoms with Crippen LogP contribution < -0.4 is 10.3 Å². The van der Waals surface area contributed by atoms with E-state index in [0.29, 0.717) is 44.6 Å². The van der Waals surface area contributed by atoms with Gasteiger partial charge in [0.1, 0.15) is 17.1 Å². The van der Waals surface area contributed by atoms with E-state index >= 15 is 0 Å². The Morgan fingerprint density at radius 1 is 1.20 bits per heavy atom. The number of nitrogens with zero attached hydrogens (tertiary/aromatic N) is 3. The second-order valence-corrected chi connectivity index (χ2v) is 6.63. The number of benzene rings is 2. The zero-order valence-electron chi connectivity index (χ0n) is 16.8. The van der Waals surface area contributed by atoms with Crippen molar-refractivity contribution in [2.75, 3.05) is 13.7 Å². The van der Waals surface area contributed by atoms with E-state index in [4.69, 9.17) is 9.47 Å². The summed E-state index contributed by atoms with van der Waals surface area (Å²) >= 11 is 0. The quantitative estimate of drug-likeness (QED) is 0.301. The maximum atomic E-state index is 13.2. The number of aromatic amines is 1. The molecule has 0 spiro atoms. The van der Waals surface area contributed by atoms with Gasteiger partial charge in [-0.25, -0.2) is 4.79 Å². The molecule has 0 unspecified atom stereocenters. The molecule has 0 aliphatic heterocycles. The van der Waals surface area contributed by atoms with Gasteiger partial charge in [-0.15, -0.1) is 5.11 Å². The number of azo groups is 1. The number of para-hydroxylation sites is 1. The highest BCUT2D eigenvalue weighted by Gasteiger charge is 2.17. The summed E-state index contributed by atoms with van der Waals surface area (Å²) in [5.74, 6) is 0.146. The molecule has 0 fully saturated rings. The van der Waals surface area contributed by atoms with E-state index in [1.54, 1.807) is 43.6 Å². The summed E-state index contributed by atoms with van der Waals surface area (Å²) in [5.41, 5.74) is 2.58. The molecule has 0 saturated carbocycles. The molecule has 2 aromatic carbocycles. The number of aromatic nitrogens is 2. The lowest BCUT2D eigenvalue weighted by molar-refractivity contribution is -0.137. The minimum Gasteiger partial charge on any atom is -0.497 e. The lowest BCUT2D eigenvalue weighted by atomic mass is 10.2. The van der Waals surface area contributed by atoms with Gasteiger partial charge in [-0.05, 0) is 44.2 Å². The number of carbonyl (C=O) groups excluding carboxylic acids is 1. The van der Waals surface area contributed by atoms with E-state index in [1.165, 1.54) is 6.08 Å². The van der Waals surface area contributed by atoms with Crippen LogP contribution in [-0.4, -0.2) is 29.1 Å². The zero-order chi connectivity index (χ0) is 21.3. The molecule has 0 radical (unpaired) electrons. The number of carbonyl (C=O) groups is 1. The van der Waals surface area contributed by atoms with Gasteiger partial charge < -0.3 is 14.5 Å². The predicted octanol–water partition coefficient (Wildman–Crippen LogP) is 4.49. The lowest BCUT2D eigenvalue weighted by Gasteiger charge is -2.02. The van der Waals surface area contributed by atoms with Gasteiger partial charge in [-0.2, -0.15) is 5.11 Å². The molecular weight excluding hydrogens is 384 g/mol. The van der Waals surface area contributed by atoms with Crippen LogP contribution in [0.1, 0.15) is 13.8 Å². The molecule has 1 N–H and O–H groups in total. The second kappa shape index (κ2) is 7.82. The van der Waals surface area contributed by atoms with Crippen molar-refractivity contribution in [1.29, 1.82) is 0 Å². The van der Waals surface area contributed by atoms with Gasteiger partial charge in [0.2, 0.25) is 0 Å². The third kappa shape index (κ3) is 3.32. The first-order valence-corrected chi connectivity index (χ1v) is 9.43. The van der Waals surface area contributed by atoms with Crippen molar-refractivity contribution in [3.8, 4) is 5.75 Å². The van der Waals surface area contributed by atoms with Crippen LogP contribution in [0.3, 0.4) is 0 Å². The van der Waals surface area contributed by atoms with Gasteiger partial charge >= 0.3 is 5.97 Å². The molecule has 4 rings (SSSR count). The molecule has 0 saturated heterocycles. The van der Waals surface area contributed by atoms with Crippen molar-refractivity contribution in [1.82, 2.24) is 9.38 Å². The number of fused-ring (bicyclic) bond motifs is 4.